The Morgan fingerprint density at radius 3 is 2.67 bits per heavy atom. The Morgan fingerprint density at radius 1 is 1.33 bits per heavy atom. The number of hydrogen-bond acceptors (Lipinski definition) is 5. The van der Waals surface area contributed by atoms with Crippen LogP contribution in [0.3, 0.4) is 0 Å². The smallest absolute Gasteiger partial charge is 0.246 e. The van der Waals surface area contributed by atoms with Gasteiger partial charge in [-0.2, -0.15) is 0 Å². The van der Waals surface area contributed by atoms with Crippen LogP contribution < -0.4 is 5.32 Å². The molecule has 0 aromatic heterocycles. The molecule has 120 valence electrons. The van der Waals surface area contributed by atoms with E-state index in [1.807, 2.05) is 6.92 Å². The van der Waals surface area contributed by atoms with Gasteiger partial charge in [0.15, 0.2) is 0 Å². The van der Waals surface area contributed by atoms with Gasteiger partial charge in [0.1, 0.15) is 0 Å². The van der Waals surface area contributed by atoms with Gasteiger partial charge in [0, 0.05) is 19.6 Å². The van der Waals surface area contributed by atoms with Crippen molar-refractivity contribution >= 4 is 21.8 Å². The molecule has 8 heteroatoms. The summed E-state index contributed by atoms with van der Waals surface area (Å²) in [4.78, 5) is 25.5. The monoisotopic (exact) mass is 317 g/mol. The summed E-state index contributed by atoms with van der Waals surface area (Å²) >= 11 is 0. The van der Waals surface area contributed by atoms with Crippen LogP contribution in [0.15, 0.2) is 0 Å². The number of piperazine rings is 1. The maximum atomic E-state index is 12.2. The van der Waals surface area contributed by atoms with Crippen LogP contribution in [0.25, 0.3) is 0 Å². The van der Waals surface area contributed by atoms with Gasteiger partial charge in [-0.3, -0.25) is 19.8 Å². The fourth-order valence-corrected chi connectivity index (χ4v) is 3.89. The molecule has 2 aliphatic rings. The highest BCUT2D eigenvalue weighted by Crippen LogP contribution is 2.21. The largest absolute Gasteiger partial charge is 0.297 e. The van der Waals surface area contributed by atoms with Gasteiger partial charge >= 0.3 is 0 Å². The van der Waals surface area contributed by atoms with E-state index in [1.165, 1.54) is 15.5 Å². The Bertz CT molecular complexity index is 520. The van der Waals surface area contributed by atoms with Gasteiger partial charge in [-0.05, 0) is 25.2 Å². The van der Waals surface area contributed by atoms with E-state index in [4.69, 9.17) is 0 Å². The first kappa shape index (κ1) is 16.4. The van der Waals surface area contributed by atoms with Crippen LogP contribution in [0.4, 0.5) is 0 Å². The maximum absolute atomic E-state index is 12.2. The molecule has 2 rings (SSSR count). The van der Waals surface area contributed by atoms with Gasteiger partial charge in [-0.25, -0.2) is 12.7 Å². The molecule has 1 N–H and O–H groups in total. The molecule has 0 spiro atoms. The predicted octanol–water partition coefficient (Wildman–Crippen LogP) is -0.605. The molecule has 2 saturated heterocycles. The van der Waals surface area contributed by atoms with Crippen molar-refractivity contribution < 1.29 is 18.0 Å². The fourth-order valence-electron chi connectivity index (χ4n) is 2.95. The van der Waals surface area contributed by atoms with E-state index in [-0.39, 0.29) is 30.3 Å². The lowest BCUT2D eigenvalue weighted by Crippen LogP contribution is -2.59. The first-order valence-electron chi connectivity index (χ1n) is 7.35. The third kappa shape index (κ3) is 3.81. The molecule has 2 fully saturated rings. The molecular formula is C13H23N3O4S. The van der Waals surface area contributed by atoms with Crippen molar-refractivity contribution in [3.05, 3.63) is 0 Å². The zero-order valence-corrected chi connectivity index (χ0v) is 13.4. The minimum absolute atomic E-state index is 0.0250. The number of carbonyl (C=O) groups excluding carboxylic acids is 2. The lowest BCUT2D eigenvalue weighted by atomic mass is 9.98. The van der Waals surface area contributed by atoms with Crippen LogP contribution in [-0.2, 0) is 19.6 Å². The van der Waals surface area contributed by atoms with Crippen LogP contribution in [0.5, 0.6) is 0 Å². The van der Waals surface area contributed by atoms with E-state index in [9.17, 15) is 18.0 Å². The molecule has 2 amide bonds. The van der Waals surface area contributed by atoms with Gasteiger partial charge in [0.2, 0.25) is 21.8 Å². The molecule has 0 radical (unpaired) electrons. The molecule has 21 heavy (non-hydrogen) atoms. The Kier molecular flexibility index (Phi) is 5.00. The lowest BCUT2D eigenvalue weighted by Gasteiger charge is -2.36. The number of nitrogens with one attached hydrogen (secondary N) is 1. The molecular weight excluding hydrogens is 294 g/mol. The summed E-state index contributed by atoms with van der Waals surface area (Å²) < 4.78 is 24.7. The fraction of sp³-hybridized carbons (Fsp3) is 0.846. The van der Waals surface area contributed by atoms with E-state index in [2.05, 4.69) is 5.32 Å². The van der Waals surface area contributed by atoms with E-state index in [0.717, 1.165) is 12.8 Å². The van der Waals surface area contributed by atoms with Gasteiger partial charge in [-0.1, -0.05) is 6.92 Å². The van der Waals surface area contributed by atoms with Crippen LogP contribution in [0, 0.1) is 5.92 Å². The quantitative estimate of drug-likeness (QED) is 0.699. The first-order chi connectivity index (χ1) is 9.82. The number of amides is 2. The number of imide groups is 1. The van der Waals surface area contributed by atoms with Crippen molar-refractivity contribution in [2.24, 2.45) is 5.92 Å². The van der Waals surface area contributed by atoms with E-state index >= 15 is 0 Å². The summed E-state index contributed by atoms with van der Waals surface area (Å²) in [7, 11) is -3.21. The molecule has 2 aliphatic heterocycles. The highest BCUT2D eigenvalue weighted by molar-refractivity contribution is 7.88. The number of carbonyl (C=O) groups is 2. The van der Waals surface area contributed by atoms with Crippen molar-refractivity contribution in [2.45, 2.75) is 32.2 Å². The predicted molar refractivity (Wildman–Crippen MR) is 77.9 cm³/mol. The minimum Gasteiger partial charge on any atom is -0.297 e. The first-order valence-corrected chi connectivity index (χ1v) is 9.20. The number of nitrogens with zero attached hydrogens (tertiary/aromatic N) is 2. The third-order valence-corrected chi connectivity index (χ3v) is 5.43. The van der Waals surface area contributed by atoms with Crippen molar-refractivity contribution in [2.75, 3.05) is 32.4 Å². The average molecular weight is 317 g/mol. The van der Waals surface area contributed by atoms with E-state index in [0.29, 0.717) is 26.1 Å². The molecule has 0 aromatic carbocycles. The summed E-state index contributed by atoms with van der Waals surface area (Å²) in [6.07, 6.45) is 3.45. The molecule has 0 aliphatic carbocycles. The molecule has 2 unspecified atom stereocenters. The maximum Gasteiger partial charge on any atom is 0.246 e. The summed E-state index contributed by atoms with van der Waals surface area (Å²) in [5.41, 5.74) is 0. The number of piperidine rings is 1. The van der Waals surface area contributed by atoms with Gasteiger partial charge < -0.3 is 0 Å². The Labute approximate surface area is 125 Å². The van der Waals surface area contributed by atoms with Crippen LogP contribution in [-0.4, -0.2) is 67.9 Å². The standard InChI is InChI=1S/C13H23N3O4S/c1-3-11-13(18)16(12(17)7-14-11)9-10-5-4-6-15(8-10)21(2,19)20/h10-11,14H,3-9H2,1-2H3. The molecule has 7 nitrogen and oxygen atoms in total. The second-order valence-electron chi connectivity index (χ2n) is 5.81. The van der Waals surface area contributed by atoms with E-state index < -0.39 is 10.0 Å². The zero-order valence-electron chi connectivity index (χ0n) is 12.5. The minimum atomic E-state index is -3.21. The third-order valence-electron chi connectivity index (χ3n) is 4.16. The van der Waals surface area contributed by atoms with Crippen molar-refractivity contribution in [1.29, 1.82) is 0 Å². The molecule has 0 saturated carbocycles. The zero-order chi connectivity index (χ0) is 15.6. The number of rotatable bonds is 4. The van der Waals surface area contributed by atoms with Gasteiger partial charge in [0.25, 0.3) is 0 Å². The van der Waals surface area contributed by atoms with Crippen LogP contribution in [0.2, 0.25) is 0 Å². The molecule has 2 heterocycles. The summed E-state index contributed by atoms with van der Waals surface area (Å²) in [5, 5.41) is 2.92. The summed E-state index contributed by atoms with van der Waals surface area (Å²) in [5.74, 6) is -0.386. The summed E-state index contributed by atoms with van der Waals surface area (Å²) in [6.45, 7) is 3.31. The molecule has 0 bridgehead atoms. The Morgan fingerprint density at radius 2 is 2.05 bits per heavy atom. The molecule has 0 aromatic rings. The number of sulfonamides is 1. The van der Waals surface area contributed by atoms with Crippen LogP contribution in [0.1, 0.15) is 26.2 Å². The topological polar surface area (TPSA) is 86.8 Å². The SMILES string of the molecule is CCC1NCC(=O)N(CC2CCCN(S(C)(=O)=O)C2)C1=O. The second-order valence-corrected chi connectivity index (χ2v) is 7.80. The summed E-state index contributed by atoms with van der Waals surface area (Å²) in [6, 6.07) is -0.308. The highest BCUT2D eigenvalue weighted by Gasteiger charge is 2.35. The van der Waals surface area contributed by atoms with Crippen molar-refractivity contribution in [1.82, 2.24) is 14.5 Å². The van der Waals surface area contributed by atoms with Crippen LogP contribution >= 0.6 is 0 Å². The van der Waals surface area contributed by atoms with E-state index in [1.54, 1.807) is 0 Å². The van der Waals surface area contributed by atoms with Gasteiger partial charge in [-0.15, -0.1) is 0 Å². The van der Waals surface area contributed by atoms with Crippen molar-refractivity contribution in [3.8, 4) is 0 Å². The molecule has 2 atom stereocenters. The lowest BCUT2D eigenvalue weighted by molar-refractivity contribution is -0.150. The Balaban J connectivity index is 2.02. The highest BCUT2D eigenvalue weighted by atomic mass is 32.2. The average Bonchev–Trinajstić information content (AvgIpc) is 2.43. The van der Waals surface area contributed by atoms with Gasteiger partial charge in [0.05, 0.1) is 18.8 Å². The Hall–Kier alpha value is -0.990. The van der Waals surface area contributed by atoms with Crippen molar-refractivity contribution in [3.63, 3.8) is 0 Å². The normalized spacial score (nSPS) is 29.0. The number of hydrogen-bond donors (Lipinski definition) is 1. The second kappa shape index (κ2) is 6.41.